The van der Waals surface area contributed by atoms with E-state index in [0.717, 1.165) is 17.3 Å². The molecule has 84 valence electrons. The van der Waals surface area contributed by atoms with E-state index in [1.807, 2.05) is 6.92 Å². The monoisotopic (exact) mass is 266 g/mol. The van der Waals surface area contributed by atoms with E-state index in [1.165, 1.54) is 0 Å². The first-order chi connectivity index (χ1) is 6.61. The fraction of sp³-hybridized carbons (Fsp3) is 0.800. The van der Waals surface area contributed by atoms with Crippen LogP contribution in [0.5, 0.6) is 0 Å². The molecule has 1 N–H and O–H groups in total. The number of hydrogen-bond donors (Lipinski definition) is 1. The number of ether oxygens (including phenoxy) is 2. The van der Waals surface area contributed by atoms with Gasteiger partial charge in [-0.2, -0.15) is 0 Å². The lowest BCUT2D eigenvalue weighted by Crippen LogP contribution is -2.19. The van der Waals surface area contributed by atoms with Gasteiger partial charge in [-0.1, -0.05) is 28.1 Å². The predicted molar refractivity (Wildman–Crippen MR) is 60.6 cm³/mol. The number of aliphatic hydroxyl groups excluding tert-OH is 1. The lowest BCUT2D eigenvalue weighted by molar-refractivity contribution is -0.0675. The molecule has 0 fully saturated rings. The molecule has 0 aromatic heterocycles. The molecule has 0 aliphatic rings. The molecular weight excluding hydrogens is 248 g/mol. The lowest BCUT2D eigenvalue weighted by atomic mass is 10.1. The zero-order valence-corrected chi connectivity index (χ0v) is 10.4. The Hall–Kier alpha value is 0.100. The molecule has 0 aliphatic heterocycles. The average molecular weight is 267 g/mol. The van der Waals surface area contributed by atoms with Crippen LogP contribution in [0.4, 0.5) is 0 Å². The summed E-state index contributed by atoms with van der Waals surface area (Å²) in [4.78, 5) is 0. The minimum Gasteiger partial charge on any atom is -0.389 e. The van der Waals surface area contributed by atoms with Crippen LogP contribution >= 0.6 is 15.9 Å². The Morgan fingerprint density at radius 2 is 2.14 bits per heavy atom. The van der Waals surface area contributed by atoms with Gasteiger partial charge in [-0.05, 0) is 19.8 Å². The van der Waals surface area contributed by atoms with Crippen LogP contribution in [-0.2, 0) is 9.47 Å². The molecule has 0 saturated carbocycles. The number of halogens is 1. The lowest BCUT2D eigenvalue weighted by Gasteiger charge is -2.17. The van der Waals surface area contributed by atoms with E-state index >= 15 is 0 Å². The second kappa shape index (κ2) is 8.41. The zero-order valence-electron chi connectivity index (χ0n) is 8.83. The van der Waals surface area contributed by atoms with Gasteiger partial charge in [-0.25, -0.2) is 0 Å². The van der Waals surface area contributed by atoms with Crippen LogP contribution in [0.15, 0.2) is 12.2 Å². The third-order valence-electron chi connectivity index (χ3n) is 1.92. The molecule has 14 heavy (non-hydrogen) atoms. The predicted octanol–water partition coefficient (Wildman–Crippen LogP) is 2.09. The van der Waals surface area contributed by atoms with Gasteiger partial charge < -0.3 is 14.6 Å². The highest BCUT2D eigenvalue weighted by Crippen LogP contribution is 2.11. The van der Waals surface area contributed by atoms with Crippen LogP contribution in [0.2, 0.25) is 0 Å². The number of rotatable bonds is 8. The second-order valence-corrected chi connectivity index (χ2v) is 3.94. The number of methoxy groups -OCH3 is 1. The number of hydrogen-bond acceptors (Lipinski definition) is 3. The zero-order chi connectivity index (χ0) is 11.0. The smallest absolute Gasteiger partial charge is 0.146 e. The normalized spacial score (nSPS) is 15.1. The van der Waals surface area contributed by atoms with Crippen LogP contribution in [0.1, 0.15) is 19.8 Å². The highest BCUT2D eigenvalue weighted by atomic mass is 79.9. The van der Waals surface area contributed by atoms with Crippen molar-refractivity contribution < 1.29 is 14.6 Å². The minimum atomic E-state index is -0.428. The molecule has 0 aromatic rings. The molecule has 0 aromatic carbocycles. The van der Waals surface area contributed by atoms with Gasteiger partial charge in [-0.15, -0.1) is 0 Å². The van der Waals surface area contributed by atoms with Crippen molar-refractivity contribution in [3.63, 3.8) is 0 Å². The maximum atomic E-state index is 9.49. The van der Waals surface area contributed by atoms with Crippen molar-refractivity contribution >= 4 is 15.9 Å². The number of alkyl halides is 1. The summed E-state index contributed by atoms with van der Waals surface area (Å²) in [6, 6.07) is 0. The van der Waals surface area contributed by atoms with Gasteiger partial charge in [-0.3, -0.25) is 0 Å². The maximum Gasteiger partial charge on any atom is 0.146 e. The fourth-order valence-corrected chi connectivity index (χ4v) is 1.47. The Kier molecular flexibility index (Phi) is 8.47. The number of aliphatic hydroxyl groups is 1. The van der Waals surface area contributed by atoms with Crippen LogP contribution < -0.4 is 0 Å². The van der Waals surface area contributed by atoms with Gasteiger partial charge in [0.1, 0.15) is 6.79 Å². The van der Waals surface area contributed by atoms with Gasteiger partial charge in [0.2, 0.25) is 0 Å². The molecule has 2 atom stereocenters. The van der Waals surface area contributed by atoms with E-state index < -0.39 is 6.10 Å². The third-order valence-corrected chi connectivity index (χ3v) is 2.65. The highest BCUT2D eigenvalue weighted by molar-refractivity contribution is 9.09. The van der Waals surface area contributed by atoms with Crippen molar-refractivity contribution in [3.8, 4) is 0 Å². The van der Waals surface area contributed by atoms with Crippen LogP contribution in [0.25, 0.3) is 0 Å². The van der Waals surface area contributed by atoms with E-state index in [9.17, 15) is 5.11 Å². The molecule has 0 radical (unpaired) electrons. The Morgan fingerprint density at radius 1 is 1.50 bits per heavy atom. The molecule has 0 rings (SSSR count). The first-order valence-corrected chi connectivity index (χ1v) is 5.74. The van der Waals surface area contributed by atoms with Gasteiger partial charge in [0.25, 0.3) is 0 Å². The molecule has 0 aliphatic carbocycles. The molecular formula is C10H19BrO3. The highest BCUT2D eigenvalue weighted by Gasteiger charge is 2.11. The molecule has 2 unspecified atom stereocenters. The molecule has 4 heteroatoms. The Morgan fingerprint density at radius 3 is 2.57 bits per heavy atom. The molecule has 0 saturated heterocycles. The van der Waals surface area contributed by atoms with Crippen LogP contribution in [0.3, 0.4) is 0 Å². The summed E-state index contributed by atoms with van der Waals surface area (Å²) in [6.45, 7) is 5.81. The van der Waals surface area contributed by atoms with E-state index in [2.05, 4.69) is 22.5 Å². The van der Waals surface area contributed by atoms with Gasteiger partial charge >= 0.3 is 0 Å². The molecule has 0 spiro atoms. The van der Waals surface area contributed by atoms with Gasteiger partial charge in [0.05, 0.1) is 12.2 Å². The topological polar surface area (TPSA) is 38.7 Å². The average Bonchev–Trinajstić information content (AvgIpc) is 2.17. The standard InChI is InChI=1S/C10H19BrO3/c1-8(2)10(12)5-4-9(6-11)14-7-13-3/h9-10,12H,1,4-7H2,2-3H3. The second-order valence-electron chi connectivity index (χ2n) is 3.29. The Labute approximate surface area is 94.2 Å². The molecule has 0 bridgehead atoms. The third kappa shape index (κ3) is 6.54. The first-order valence-electron chi connectivity index (χ1n) is 4.61. The van der Waals surface area contributed by atoms with Crippen molar-refractivity contribution in [2.75, 3.05) is 19.2 Å². The van der Waals surface area contributed by atoms with Crippen molar-refractivity contribution in [2.45, 2.75) is 32.0 Å². The summed E-state index contributed by atoms with van der Waals surface area (Å²) in [5, 5.41) is 10.2. The quantitative estimate of drug-likeness (QED) is 0.416. The van der Waals surface area contributed by atoms with Crippen molar-refractivity contribution in [3.05, 3.63) is 12.2 Å². The summed E-state index contributed by atoms with van der Waals surface area (Å²) < 4.78 is 10.2. The summed E-state index contributed by atoms with van der Waals surface area (Å²) >= 11 is 3.35. The van der Waals surface area contributed by atoms with Crippen LogP contribution in [-0.4, -0.2) is 36.5 Å². The van der Waals surface area contributed by atoms with Gasteiger partial charge in [0.15, 0.2) is 0 Å². The summed E-state index contributed by atoms with van der Waals surface area (Å²) in [5.41, 5.74) is 0.796. The van der Waals surface area contributed by atoms with E-state index in [4.69, 9.17) is 9.47 Å². The van der Waals surface area contributed by atoms with E-state index in [-0.39, 0.29) is 6.10 Å². The van der Waals surface area contributed by atoms with Crippen LogP contribution in [0, 0.1) is 0 Å². The summed E-state index contributed by atoms with van der Waals surface area (Å²) in [6.07, 6.45) is 1.13. The van der Waals surface area contributed by atoms with E-state index in [0.29, 0.717) is 13.2 Å². The molecule has 3 nitrogen and oxygen atoms in total. The summed E-state index contributed by atoms with van der Waals surface area (Å²) in [5.74, 6) is 0. The SMILES string of the molecule is C=C(C)C(O)CCC(CBr)OCOC. The Bertz CT molecular complexity index is 161. The molecule has 0 heterocycles. The first kappa shape index (κ1) is 14.1. The maximum absolute atomic E-state index is 9.49. The van der Waals surface area contributed by atoms with Crippen molar-refractivity contribution in [2.24, 2.45) is 0 Å². The minimum absolute atomic E-state index is 0.0870. The molecule has 0 amide bonds. The van der Waals surface area contributed by atoms with Crippen molar-refractivity contribution in [1.29, 1.82) is 0 Å². The van der Waals surface area contributed by atoms with Gasteiger partial charge in [0, 0.05) is 12.4 Å². The fourth-order valence-electron chi connectivity index (χ4n) is 0.959. The Balaban J connectivity index is 3.66. The largest absolute Gasteiger partial charge is 0.389 e. The van der Waals surface area contributed by atoms with Crippen molar-refractivity contribution in [1.82, 2.24) is 0 Å². The van der Waals surface area contributed by atoms with E-state index in [1.54, 1.807) is 7.11 Å². The summed E-state index contributed by atoms with van der Waals surface area (Å²) in [7, 11) is 1.59.